The van der Waals surface area contributed by atoms with Crippen LogP contribution in [0.1, 0.15) is 17.2 Å². The lowest BCUT2D eigenvalue weighted by atomic mass is 9.96. The van der Waals surface area contributed by atoms with Crippen molar-refractivity contribution < 1.29 is 13.5 Å². The van der Waals surface area contributed by atoms with Crippen molar-refractivity contribution in [1.29, 1.82) is 0 Å². The van der Waals surface area contributed by atoms with Gasteiger partial charge in [-0.15, -0.1) is 0 Å². The van der Waals surface area contributed by atoms with Gasteiger partial charge in [0.1, 0.15) is 23.1 Å². The molecule has 0 spiro atoms. The first kappa shape index (κ1) is 24.9. The molecule has 1 aliphatic heterocycles. The Kier molecular flexibility index (Phi) is 7.73. The maximum Gasteiger partial charge on any atom is 0.173 e. The molecule has 1 heterocycles. The molecule has 5 rings (SSSR count). The summed E-state index contributed by atoms with van der Waals surface area (Å²) in [5.41, 5.74) is 2.84. The summed E-state index contributed by atoms with van der Waals surface area (Å²) in [7, 11) is 0. The number of para-hydroxylation sites is 1. The van der Waals surface area contributed by atoms with Gasteiger partial charge in [-0.25, -0.2) is 8.78 Å². The number of piperazine rings is 1. The Bertz CT molecular complexity index is 1260. The van der Waals surface area contributed by atoms with Crippen LogP contribution < -0.4 is 10.1 Å². The highest BCUT2D eigenvalue weighted by atomic mass is 32.1. The molecule has 0 amide bonds. The summed E-state index contributed by atoms with van der Waals surface area (Å²) in [4.78, 5) is 4.47. The van der Waals surface area contributed by atoms with E-state index in [4.69, 9.17) is 17.0 Å². The van der Waals surface area contributed by atoms with Gasteiger partial charge in [0, 0.05) is 31.9 Å². The summed E-state index contributed by atoms with van der Waals surface area (Å²) in [6.45, 7) is 2.98. The minimum absolute atomic E-state index is 0.0953. The Morgan fingerprint density at radius 3 is 1.73 bits per heavy atom. The van der Waals surface area contributed by atoms with E-state index in [1.807, 2.05) is 54.6 Å². The van der Waals surface area contributed by atoms with E-state index in [2.05, 4.69) is 15.1 Å². The first-order chi connectivity index (χ1) is 18.0. The van der Waals surface area contributed by atoms with Crippen molar-refractivity contribution in [3.63, 3.8) is 0 Å². The van der Waals surface area contributed by atoms with Crippen LogP contribution in [0.2, 0.25) is 0 Å². The highest BCUT2D eigenvalue weighted by molar-refractivity contribution is 7.80. The lowest BCUT2D eigenvalue weighted by Gasteiger charge is -2.40. The average molecular weight is 516 g/mol. The fourth-order valence-electron chi connectivity index (χ4n) is 4.52. The van der Waals surface area contributed by atoms with Crippen molar-refractivity contribution >= 4 is 23.0 Å². The molecule has 4 nitrogen and oxygen atoms in total. The predicted octanol–water partition coefficient (Wildman–Crippen LogP) is 6.86. The predicted molar refractivity (Wildman–Crippen MR) is 147 cm³/mol. The van der Waals surface area contributed by atoms with Gasteiger partial charge in [-0.2, -0.15) is 0 Å². The Balaban J connectivity index is 1.21. The van der Waals surface area contributed by atoms with Gasteiger partial charge < -0.3 is 15.0 Å². The monoisotopic (exact) mass is 515 g/mol. The molecular weight excluding hydrogens is 488 g/mol. The van der Waals surface area contributed by atoms with E-state index in [-0.39, 0.29) is 17.7 Å². The molecule has 0 unspecified atom stereocenters. The summed E-state index contributed by atoms with van der Waals surface area (Å²) < 4.78 is 33.0. The number of hydrogen-bond donors (Lipinski definition) is 1. The van der Waals surface area contributed by atoms with Gasteiger partial charge in [0.25, 0.3) is 0 Å². The number of anilines is 1. The second kappa shape index (κ2) is 11.5. The second-order valence-electron chi connectivity index (χ2n) is 8.90. The standard InChI is InChI=1S/C30H27F2N3OS/c31-24-10-6-22(7-11-24)29(23-8-12-25(32)13-9-23)34-18-20-35(21-19-34)30(37)33-26-14-16-28(17-15-26)36-27-4-2-1-3-5-27/h1-17,29H,18-21H2,(H,33,37). The molecule has 1 aliphatic rings. The zero-order valence-corrected chi connectivity index (χ0v) is 21.0. The van der Waals surface area contributed by atoms with Crippen molar-refractivity contribution in [2.24, 2.45) is 0 Å². The van der Waals surface area contributed by atoms with Gasteiger partial charge in [0.15, 0.2) is 5.11 Å². The number of halogens is 2. The molecule has 0 bridgehead atoms. The molecule has 0 radical (unpaired) electrons. The van der Waals surface area contributed by atoms with E-state index in [0.717, 1.165) is 54.5 Å². The normalized spacial score (nSPS) is 14.0. The zero-order valence-electron chi connectivity index (χ0n) is 20.2. The van der Waals surface area contributed by atoms with Crippen LogP contribution in [-0.2, 0) is 0 Å². The Morgan fingerprint density at radius 2 is 1.19 bits per heavy atom. The number of benzene rings is 4. The van der Waals surface area contributed by atoms with Gasteiger partial charge in [-0.3, -0.25) is 4.90 Å². The molecule has 4 aromatic carbocycles. The first-order valence-electron chi connectivity index (χ1n) is 12.2. The largest absolute Gasteiger partial charge is 0.457 e. The molecular formula is C30H27F2N3OS. The van der Waals surface area contributed by atoms with Crippen LogP contribution in [0.25, 0.3) is 0 Å². The molecule has 188 valence electrons. The average Bonchev–Trinajstić information content (AvgIpc) is 2.93. The van der Waals surface area contributed by atoms with Gasteiger partial charge in [0.2, 0.25) is 0 Å². The molecule has 0 saturated carbocycles. The van der Waals surface area contributed by atoms with Crippen LogP contribution in [0.3, 0.4) is 0 Å². The summed E-state index contributed by atoms with van der Waals surface area (Å²) in [6, 6.07) is 30.3. The molecule has 1 N–H and O–H groups in total. The fourth-order valence-corrected chi connectivity index (χ4v) is 4.82. The quantitative estimate of drug-likeness (QED) is 0.283. The topological polar surface area (TPSA) is 27.7 Å². The number of hydrogen-bond acceptors (Lipinski definition) is 3. The highest BCUT2D eigenvalue weighted by Crippen LogP contribution is 2.30. The van der Waals surface area contributed by atoms with Gasteiger partial charge in [-0.05, 0) is 84.0 Å². The third-order valence-electron chi connectivity index (χ3n) is 6.42. The van der Waals surface area contributed by atoms with Crippen LogP contribution in [0.4, 0.5) is 14.5 Å². The molecule has 0 aliphatic carbocycles. The van der Waals surface area contributed by atoms with E-state index < -0.39 is 0 Å². The fraction of sp³-hybridized carbons (Fsp3) is 0.167. The van der Waals surface area contributed by atoms with E-state index in [9.17, 15) is 8.78 Å². The minimum Gasteiger partial charge on any atom is -0.457 e. The van der Waals surface area contributed by atoms with Crippen LogP contribution in [0, 0.1) is 11.6 Å². The molecule has 1 saturated heterocycles. The lowest BCUT2D eigenvalue weighted by Crippen LogP contribution is -2.51. The summed E-state index contributed by atoms with van der Waals surface area (Å²) >= 11 is 5.70. The number of nitrogens with one attached hydrogen (secondary N) is 1. The van der Waals surface area contributed by atoms with E-state index in [1.165, 1.54) is 24.3 Å². The SMILES string of the molecule is Fc1ccc(C(c2ccc(F)cc2)N2CCN(C(=S)Nc3ccc(Oc4ccccc4)cc3)CC2)cc1. The zero-order chi connectivity index (χ0) is 25.6. The molecule has 7 heteroatoms. The molecule has 0 atom stereocenters. The van der Waals surface area contributed by atoms with E-state index in [0.29, 0.717) is 5.11 Å². The first-order valence-corrected chi connectivity index (χ1v) is 12.6. The number of ether oxygens (including phenoxy) is 1. The Hall–Kier alpha value is -3.81. The summed E-state index contributed by atoms with van der Waals surface area (Å²) in [5.74, 6) is 0.991. The number of thiocarbonyl (C=S) groups is 1. The molecule has 4 aromatic rings. The van der Waals surface area contributed by atoms with Crippen LogP contribution in [0.15, 0.2) is 103 Å². The molecule has 0 aromatic heterocycles. The van der Waals surface area contributed by atoms with Gasteiger partial charge in [-0.1, -0.05) is 42.5 Å². The third-order valence-corrected chi connectivity index (χ3v) is 6.78. The van der Waals surface area contributed by atoms with Crippen molar-refractivity contribution in [3.05, 3.63) is 126 Å². The maximum absolute atomic E-state index is 13.6. The van der Waals surface area contributed by atoms with Crippen LogP contribution >= 0.6 is 12.2 Å². The second-order valence-corrected chi connectivity index (χ2v) is 9.28. The lowest BCUT2D eigenvalue weighted by molar-refractivity contribution is 0.151. The van der Waals surface area contributed by atoms with E-state index in [1.54, 1.807) is 24.3 Å². The van der Waals surface area contributed by atoms with Crippen LogP contribution in [0.5, 0.6) is 11.5 Å². The van der Waals surface area contributed by atoms with Crippen molar-refractivity contribution in [3.8, 4) is 11.5 Å². The van der Waals surface area contributed by atoms with E-state index >= 15 is 0 Å². The van der Waals surface area contributed by atoms with Crippen LogP contribution in [-0.4, -0.2) is 41.1 Å². The Labute approximate surface area is 221 Å². The molecule has 1 fully saturated rings. The van der Waals surface area contributed by atoms with Gasteiger partial charge in [0.05, 0.1) is 6.04 Å². The Morgan fingerprint density at radius 1 is 0.676 bits per heavy atom. The number of rotatable bonds is 6. The summed E-state index contributed by atoms with van der Waals surface area (Å²) in [5, 5.41) is 3.99. The highest BCUT2D eigenvalue weighted by Gasteiger charge is 2.27. The molecule has 37 heavy (non-hydrogen) atoms. The van der Waals surface area contributed by atoms with Crippen molar-refractivity contribution in [2.75, 3.05) is 31.5 Å². The van der Waals surface area contributed by atoms with Crippen molar-refractivity contribution in [1.82, 2.24) is 9.80 Å². The number of nitrogens with zero attached hydrogens (tertiary/aromatic N) is 2. The maximum atomic E-state index is 13.6. The smallest absolute Gasteiger partial charge is 0.173 e. The minimum atomic E-state index is -0.275. The summed E-state index contributed by atoms with van der Waals surface area (Å²) in [6.07, 6.45) is 0. The van der Waals surface area contributed by atoms with Crippen molar-refractivity contribution in [2.45, 2.75) is 6.04 Å². The third kappa shape index (κ3) is 6.31. The van der Waals surface area contributed by atoms with Gasteiger partial charge >= 0.3 is 0 Å².